The van der Waals surface area contributed by atoms with Gasteiger partial charge in [0.25, 0.3) is 5.56 Å². The maximum absolute atomic E-state index is 14.3. The van der Waals surface area contributed by atoms with Crippen LogP contribution >= 0.6 is 62.1 Å². The highest BCUT2D eigenvalue weighted by Crippen LogP contribution is 2.37. The Kier molecular flexibility index (Phi) is 10.5. The van der Waals surface area contributed by atoms with Crippen LogP contribution in [0.5, 0.6) is 11.5 Å². The Balaban J connectivity index is 1.67. The van der Waals surface area contributed by atoms with Gasteiger partial charge in [-0.2, -0.15) is 0 Å². The number of halogens is 4. The topological polar surface area (TPSA) is 79.1 Å². The van der Waals surface area contributed by atoms with Crippen LogP contribution in [0.25, 0.3) is 6.08 Å². The predicted molar refractivity (Wildman–Crippen MR) is 183 cm³/mol. The van der Waals surface area contributed by atoms with Crippen LogP contribution in [0.2, 0.25) is 15.1 Å². The molecular formula is C33H28BrCl3N2O5S. The SMILES string of the molecule is CCOC(=O)C1=C(C)N=c2s/c(=C\c3cc(Cl)cc(Br)c3OCc3ccc(Cl)cc3Cl)c(=O)n2[C@H]1c1ccccc1OC(C)C. The van der Waals surface area contributed by atoms with Crippen molar-refractivity contribution < 1.29 is 19.0 Å². The van der Waals surface area contributed by atoms with Crippen molar-refractivity contribution >= 4 is 74.1 Å². The molecule has 0 unspecified atom stereocenters. The molecule has 0 amide bonds. The van der Waals surface area contributed by atoms with Gasteiger partial charge in [-0.15, -0.1) is 0 Å². The second-order valence-corrected chi connectivity index (χ2v) is 13.5. The van der Waals surface area contributed by atoms with Crippen LogP contribution in [-0.4, -0.2) is 23.2 Å². The normalized spacial score (nSPS) is 14.8. The quantitative estimate of drug-likeness (QED) is 0.163. The molecule has 234 valence electrons. The number of allylic oxidation sites excluding steroid dienone is 1. The molecule has 2 heterocycles. The maximum atomic E-state index is 14.3. The number of carbonyl (C=O) groups is 1. The molecule has 1 aliphatic heterocycles. The second-order valence-electron chi connectivity index (χ2n) is 10.3. The molecule has 0 aliphatic carbocycles. The average Bonchev–Trinajstić information content (AvgIpc) is 3.26. The van der Waals surface area contributed by atoms with Gasteiger partial charge in [0.05, 0.1) is 33.0 Å². The minimum absolute atomic E-state index is 0.138. The summed E-state index contributed by atoms with van der Waals surface area (Å²) >= 11 is 23.6. The van der Waals surface area contributed by atoms with E-state index in [4.69, 9.17) is 49.0 Å². The fourth-order valence-electron chi connectivity index (χ4n) is 4.92. The zero-order valence-electron chi connectivity index (χ0n) is 24.7. The monoisotopic (exact) mass is 748 g/mol. The van der Waals surface area contributed by atoms with Gasteiger partial charge >= 0.3 is 5.97 Å². The molecule has 0 saturated heterocycles. The Morgan fingerprint density at radius 1 is 1.11 bits per heavy atom. The molecule has 1 atom stereocenters. The molecule has 0 radical (unpaired) electrons. The van der Waals surface area contributed by atoms with Gasteiger partial charge in [0.2, 0.25) is 0 Å². The molecule has 5 rings (SSSR count). The summed E-state index contributed by atoms with van der Waals surface area (Å²) < 4.78 is 20.2. The van der Waals surface area contributed by atoms with Gasteiger partial charge in [0.1, 0.15) is 24.1 Å². The summed E-state index contributed by atoms with van der Waals surface area (Å²) in [6, 6.07) is 15.1. The van der Waals surface area contributed by atoms with Crippen molar-refractivity contribution in [1.29, 1.82) is 0 Å². The van der Waals surface area contributed by atoms with Crippen LogP contribution in [0, 0.1) is 0 Å². The van der Waals surface area contributed by atoms with E-state index in [0.717, 1.165) is 5.56 Å². The van der Waals surface area contributed by atoms with Crippen molar-refractivity contribution in [2.75, 3.05) is 6.61 Å². The number of benzene rings is 3. The molecule has 45 heavy (non-hydrogen) atoms. The zero-order valence-corrected chi connectivity index (χ0v) is 29.4. The fraction of sp³-hybridized carbons (Fsp3) is 0.242. The average molecular weight is 751 g/mol. The first-order valence-corrected chi connectivity index (χ1v) is 16.7. The summed E-state index contributed by atoms with van der Waals surface area (Å²) in [5.74, 6) is 0.471. The third kappa shape index (κ3) is 7.18. The lowest BCUT2D eigenvalue weighted by molar-refractivity contribution is -0.139. The van der Waals surface area contributed by atoms with Gasteiger partial charge in [-0.25, -0.2) is 9.79 Å². The summed E-state index contributed by atoms with van der Waals surface area (Å²) in [5.41, 5.74) is 2.32. The van der Waals surface area contributed by atoms with Gasteiger partial charge in [0, 0.05) is 31.8 Å². The highest BCUT2D eigenvalue weighted by molar-refractivity contribution is 9.10. The minimum atomic E-state index is -0.828. The summed E-state index contributed by atoms with van der Waals surface area (Å²) in [6.07, 6.45) is 1.57. The Hall–Kier alpha value is -3.08. The first-order valence-electron chi connectivity index (χ1n) is 14.0. The summed E-state index contributed by atoms with van der Waals surface area (Å²) in [4.78, 5) is 32.7. The number of fused-ring (bicyclic) bond motifs is 1. The summed E-state index contributed by atoms with van der Waals surface area (Å²) in [5, 5.41) is 1.43. The van der Waals surface area contributed by atoms with Crippen LogP contribution in [0.3, 0.4) is 0 Å². The molecule has 1 aliphatic rings. The fourth-order valence-corrected chi connectivity index (χ4v) is 7.37. The van der Waals surface area contributed by atoms with Gasteiger partial charge in [0.15, 0.2) is 4.80 Å². The lowest BCUT2D eigenvalue weighted by Crippen LogP contribution is -2.40. The number of esters is 1. The third-order valence-electron chi connectivity index (χ3n) is 6.80. The van der Waals surface area contributed by atoms with Crippen LogP contribution in [0.1, 0.15) is 50.4 Å². The molecule has 1 aromatic heterocycles. The maximum Gasteiger partial charge on any atom is 0.338 e. The van der Waals surface area contributed by atoms with E-state index in [2.05, 4.69) is 20.9 Å². The van der Waals surface area contributed by atoms with E-state index >= 15 is 0 Å². The standard InChI is InChI=1S/C33H28BrCl3N2O5S/c1-5-42-32(41)28-18(4)38-33-39(29(28)23-8-6-7-9-26(23)44-17(2)3)31(40)27(45-33)13-20-12-22(36)14-24(34)30(20)43-16-19-10-11-21(35)15-25(19)37/h6-15,17,29H,5,16H2,1-4H3/b27-13-/t29-/m0/s1. The Morgan fingerprint density at radius 2 is 1.87 bits per heavy atom. The van der Waals surface area contributed by atoms with E-state index in [1.807, 2.05) is 38.1 Å². The Labute approximate surface area is 287 Å². The lowest BCUT2D eigenvalue weighted by Gasteiger charge is -2.26. The van der Waals surface area contributed by atoms with Gasteiger partial charge < -0.3 is 14.2 Å². The second kappa shape index (κ2) is 14.1. The molecule has 0 bridgehead atoms. The number of carbonyl (C=O) groups excluding carboxylic acids is 1. The molecular weight excluding hydrogens is 723 g/mol. The largest absolute Gasteiger partial charge is 0.491 e. The van der Waals surface area contributed by atoms with Gasteiger partial charge in [-0.05, 0) is 80.0 Å². The van der Waals surface area contributed by atoms with Crippen molar-refractivity contribution in [2.24, 2.45) is 4.99 Å². The molecule has 4 aromatic rings. The third-order valence-corrected chi connectivity index (χ3v) is 9.18. The Morgan fingerprint density at radius 3 is 2.58 bits per heavy atom. The molecule has 0 spiro atoms. The van der Waals surface area contributed by atoms with Gasteiger partial charge in [-0.1, -0.05) is 70.4 Å². The number of ether oxygens (including phenoxy) is 3. The number of para-hydroxylation sites is 1. The first-order chi connectivity index (χ1) is 21.5. The number of nitrogens with zero attached hydrogens (tertiary/aromatic N) is 2. The van der Waals surface area contributed by atoms with E-state index in [1.54, 1.807) is 50.3 Å². The number of thiazole rings is 1. The van der Waals surface area contributed by atoms with E-state index in [0.29, 0.717) is 57.2 Å². The smallest absolute Gasteiger partial charge is 0.338 e. The number of hydrogen-bond donors (Lipinski definition) is 0. The number of hydrogen-bond acceptors (Lipinski definition) is 7. The molecule has 0 N–H and O–H groups in total. The zero-order chi connectivity index (χ0) is 32.4. The van der Waals surface area contributed by atoms with E-state index in [1.165, 1.54) is 15.9 Å². The highest BCUT2D eigenvalue weighted by Gasteiger charge is 2.35. The molecule has 0 fully saturated rings. The summed E-state index contributed by atoms with van der Waals surface area (Å²) in [6.45, 7) is 7.62. The van der Waals surface area contributed by atoms with Crippen LogP contribution in [0.4, 0.5) is 0 Å². The molecule has 0 saturated carbocycles. The van der Waals surface area contributed by atoms with E-state index in [9.17, 15) is 9.59 Å². The van der Waals surface area contributed by atoms with Gasteiger partial charge in [-0.3, -0.25) is 9.36 Å². The van der Waals surface area contributed by atoms with E-state index in [-0.39, 0.29) is 30.5 Å². The first kappa shape index (κ1) is 33.3. The number of aromatic nitrogens is 1. The van der Waals surface area contributed by atoms with Crippen LogP contribution in [0.15, 0.2) is 80.1 Å². The van der Waals surface area contributed by atoms with Crippen LogP contribution < -0.4 is 24.4 Å². The Bertz CT molecular complexity index is 2000. The van der Waals surface area contributed by atoms with Crippen molar-refractivity contribution in [1.82, 2.24) is 4.57 Å². The van der Waals surface area contributed by atoms with Crippen molar-refractivity contribution in [3.8, 4) is 11.5 Å². The highest BCUT2D eigenvalue weighted by atomic mass is 79.9. The van der Waals surface area contributed by atoms with Crippen molar-refractivity contribution in [2.45, 2.75) is 46.4 Å². The van der Waals surface area contributed by atoms with Crippen molar-refractivity contribution in [3.63, 3.8) is 0 Å². The van der Waals surface area contributed by atoms with Crippen molar-refractivity contribution in [3.05, 3.63) is 122 Å². The van der Waals surface area contributed by atoms with E-state index < -0.39 is 12.0 Å². The predicted octanol–water partition coefficient (Wildman–Crippen LogP) is 7.89. The minimum Gasteiger partial charge on any atom is -0.491 e. The number of rotatable bonds is 9. The molecule has 3 aromatic carbocycles. The lowest BCUT2D eigenvalue weighted by atomic mass is 9.95. The molecule has 7 nitrogen and oxygen atoms in total. The van der Waals surface area contributed by atoms with Crippen LogP contribution in [-0.2, 0) is 16.1 Å². The molecule has 12 heteroatoms. The summed E-state index contributed by atoms with van der Waals surface area (Å²) in [7, 11) is 0.